The number of nitrogens with zero attached hydrogens (tertiary/aromatic N) is 2. The van der Waals surface area contributed by atoms with Crippen LogP contribution in [-0.4, -0.2) is 35.4 Å². The fourth-order valence-electron chi connectivity index (χ4n) is 2.84. The van der Waals surface area contributed by atoms with Crippen molar-refractivity contribution in [2.75, 3.05) is 19.0 Å². The Morgan fingerprint density at radius 2 is 2.22 bits per heavy atom. The summed E-state index contributed by atoms with van der Waals surface area (Å²) in [6.07, 6.45) is 3.26. The molecule has 6 nitrogen and oxygen atoms in total. The van der Waals surface area contributed by atoms with E-state index in [1.807, 2.05) is 24.3 Å². The summed E-state index contributed by atoms with van der Waals surface area (Å²) in [4.78, 5) is 30.2. The zero-order chi connectivity index (χ0) is 16.2. The Kier molecular flexibility index (Phi) is 4.57. The smallest absolute Gasteiger partial charge is 0.315 e. The van der Waals surface area contributed by atoms with Crippen LogP contribution in [0.2, 0.25) is 0 Å². The molecule has 1 fully saturated rings. The van der Waals surface area contributed by atoms with Crippen LogP contribution in [0.5, 0.6) is 5.75 Å². The highest BCUT2D eigenvalue weighted by Gasteiger charge is 2.34. The number of thiazole rings is 1. The maximum Gasteiger partial charge on any atom is 0.315 e. The van der Waals surface area contributed by atoms with Crippen molar-refractivity contribution in [2.45, 2.75) is 18.9 Å². The van der Waals surface area contributed by atoms with Crippen LogP contribution in [0, 0.1) is 0 Å². The van der Waals surface area contributed by atoms with Gasteiger partial charge in [-0.15, -0.1) is 11.3 Å². The third kappa shape index (κ3) is 3.19. The van der Waals surface area contributed by atoms with Gasteiger partial charge in [0.25, 0.3) is 0 Å². The van der Waals surface area contributed by atoms with Crippen molar-refractivity contribution in [1.82, 2.24) is 9.88 Å². The Labute approximate surface area is 138 Å². The molecule has 0 unspecified atom stereocenters. The van der Waals surface area contributed by atoms with E-state index in [1.54, 1.807) is 23.6 Å². The first-order valence-electron chi connectivity index (χ1n) is 7.35. The summed E-state index contributed by atoms with van der Waals surface area (Å²) in [5, 5.41) is 4.72. The second-order valence-electron chi connectivity index (χ2n) is 5.19. The molecule has 23 heavy (non-hydrogen) atoms. The van der Waals surface area contributed by atoms with Crippen molar-refractivity contribution >= 4 is 28.3 Å². The summed E-state index contributed by atoms with van der Waals surface area (Å²) in [7, 11) is 1.61. The molecule has 2 aromatic rings. The van der Waals surface area contributed by atoms with E-state index in [-0.39, 0.29) is 6.04 Å². The van der Waals surface area contributed by atoms with Crippen LogP contribution in [-0.2, 0) is 9.59 Å². The lowest BCUT2D eigenvalue weighted by atomic mass is 10.0. The molecular formula is C16H17N3O3S. The lowest BCUT2D eigenvalue weighted by molar-refractivity contribution is -0.143. The van der Waals surface area contributed by atoms with Gasteiger partial charge in [0.15, 0.2) is 5.13 Å². The van der Waals surface area contributed by atoms with E-state index in [4.69, 9.17) is 4.74 Å². The quantitative estimate of drug-likeness (QED) is 0.877. The Morgan fingerprint density at radius 3 is 2.96 bits per heavy atom. The first kappa shape index (κ1) is 15.5. The maximum atomic E-state index is 12.5. The monoisotopic (exact) mass is 331 g/mol. The van der Waals surface area contributed by atoms with E-state index in [2.05, 4.69) is 10.3 Å². The normalized spacial score (nSPS) is 17.1. The number of ether oxygens (including phenoxy) is 1. The molecule has 1 atom stereocenters. The van der Waals surface area contributed by atoms with E-state index in [1.165, 1.54) is 11.3 Å². The average Bonchev–Trinajstić information content (AvgIpc) is 3.25. The summed E-state index contributed by atoms with van der Waals surface area (Å²) in [6, 6.07) is 7.47. The molecule has 3 rings (SSSR count). The van der Waals surface area contributed by atoms with Crippen molar-refractivity contribution < 1.29 is 14.3 Å². The minimum absolute atomic E-state index is 0.138. The molecule has 0 saturated carbocycles. The summed E-state index contributed by atoms with van der Waals surface area (Å²) >= 11 is 1.28. The predicted octanol–water partition coefficient (Wildman–Crippen LogP) is 2.45. The van der Waals surface area contributed by atoms with Crippen LogP contribution in [0.4, 0.5) is 5.13 Å². The first-order chi connectivity index (χ1) is 11.2. The molecule has 0 bridgehead atoms. The number of anilines is 1. The average molecular weight is 331 g/mol. The van der Waals surface area contributed by atoms with Crippen LogP contribution in [0.3, 0.4) is 0 Å². The van der Waals surface area contributed by atoms with Gasteiger partial charge in [-0.05, 0) is 18.9 Å². The minimum Gasteiger partial charge on any atom is -0.496 e. The van der Waals surface area contributed by atoms with Crippen LogP contribution < -0.4 is 10.1 Å². The SMILES string of the molecule is COc1ccccc1[C@H]1CCCN1C(=O)C(=O)Nc1nccs1. The van der Waals surface area contributed by atoms with Crippen LogP contribution >= 0.6 is 11.3 Å². The maximum absolute atomic E-state index is 12.5. The highest BCUT2D eigenvalue weighted by Crippen LogP contribution is 2.36. The number of carbonyl (C=O) groups is 2. The topological polar surface area (TPSA) is 71.5 Å². The van der Waals surface area contributed by atoms with E-state index in [0.717, 1.165) is 24.2 Å². The van der Waals surface area contributed by atoms with Gasteiger partial charge >= 0.3 is 11.8 Å². The number of aromatic nitrogens is 1. The molecule has 1 aromatic carbocycles. The highest BCUT2D eigenvalue weighted by atomic mass is 32.1. The summed E-state index contributed by atoms with van der Waals surface area (Å²) in [6.45, 7) is 0.562. The number of para-hydroxylation sites is 1. The second-order valence-corrected chi connectivity index (χ2v) is 6.08. The minimum atomic E-state index is -0.651. The fourth-order valence-corrected chi connectivity index (χ4v) is 3.36. The fraction of sp³-hybridized carbons (Fsp3) is 0.312. The number of carbonyl (C=O) groups excluding carboxylic acids is 2. The zero-order valence-corrected chi connectivity index (χ0v) is 13.5. The number of benzene rings is 1. The standard InChI is InChI=1S/C16H17N3O3S/c1-22-13-7-3-2-5-11(13)12-6-4-9-19(12)15(21)14(20)18-16-17-8-10-23-16/h2-3,5,7-8,10,12H,4,6,9H2,1H3,(H,17,18,20)/t12-/m1/s1. The van der Waals surface area contributed by atoms with Gasteiger partial charge in [-0.25, -0.2) is 4.98 Å². The molecule has 120 valence electrons. The van der Waals surface area contributed by atoms with Gasteiger partial charge in [0.05, 0.1) is 13.2 Å². The van der Waals surface area contributed by atoms with Gasteiger partial charge in [0.2, 0.25) is 0 Å². The highest BCUT2D eigenvalue weighted by molar-refractivity contribution is 7.13. The number of nitrogens with one attached hydrogen (secondary N) is 1. The number of rotatable bonds is 3. The third-order valence-corrected chi connectivity index (χ3v) is 4.55. The molecule has 7 heteroatoms. The van der Waals surface area contributed by atoms with Gasteiger partial charge in [0, 0.05) is 23.7 Å². The Hall–Kier alpha value is -2.41. The molecule has 1 saturated heterocycles. The van der Waals surface area contributed by atoms with Gasteiger partial charge < -0.3 is 9.64 Å². The molecule has 0 radical (unpaired) electrons. The molecule has 1 aliphatic heterocycles. The van der Waals surface area contributed by atoms with Gasteiger partial charge in [-0.1, -0.05) is 18.2 Å². The van der Waals surface area contributed by atoms with Crippen molar-refractivity contribution in [2.24, 2.45) is 0 Å². The molecule has 1 aromatic heterocycles. The molecular weight excluding hydrogens is 314 g/mol. The third-order valence-electron chi connectivity index (χ3n) is 3.86. The van der Waals surface area contributed by atoms with Crippen molar-refractivity contribution in [3.63, 3.8) is 0 Å². The van der Waals surface area contributed by atoms with Crippen LogP contribution in [0.15, 0.2) is 35.8 Å². The molecule has 1 aliphatic rings. The number of hydrogen-bond acceptors (Lipinski definition) is 5. The molecule has 0 spiro atoms. The van der Waals surface area contributed by atoms with Crippen molar-refractivity contribution in [1.29, 1.82) is 0 Å². The van der Waals surface area contributed by atoms with Crippen molar-refractivity contribution in [3.05, 3.63) is 41.4 Å². The zero-order valence-electron chi connectivity index (χ0n) is 12.7. The lowest BCUT2D eigenvalue weighted by Gasteiger charge is -2.25. The lowest BCUT2D eigenvalue weighted by Crippen LogP contribution is -2.39. The van der Waals surface area contributed by atoms with Gasteiger partial charge in [0.1, 0.15) is 5.75 Å². The predicted molar refractivity (Wildman–Crippen MR) is 87.4 cm³/mol. The molecule has 0 aliphatic carbocycles. The Bertz CT molecular complexity index is 702. The Balaban J connectivity index is 1.78. The summed E-state index contributed by atoms with van der Waals surface area (Å²) in [5.74, 6) is -0.451. The van der Waals surface area contributed by atoms with E-state index >= 15 is 0 Å². The Morgan fingerprint density at radius 1 is 1.39 bits per heavy atom. The molecule has 2 amide bonds. The van der Waals surface area contributed by atoms with Crippen LogP contribution in [0.25, 0.3) is 0 Å². The largest absolute Gasteiger partial charge is 0.496 e. The molecule has 1 N–H and O–H groups in total. The number of methoxy groups -OCH3 is 1. The summed E-state index contributed by atoms with van der Waals surface area (Å²) < 4.78 is 5.38. The first-order valence-corrected chi connectivity index (χ1v) is 8.23. The second kappa shape index (κ2) is 6.78. The van der Waals surface area contributed by atoms with Crippen molar-refractivity contribution in [3.8, 4) is 5.75 Å². The number of hydrogen-bond donors (Lipinski definition) is 1. The summed E-state index contributed by atoms with van der Waals surface area (Å²) in [5.41, 5.74) is 0.933. The number of likely N-dealkylation sites (tertiary alicyclic amines) is 1. The van der Waals surface area contributed by atoms with Crippen LogP contribution in [0.1, 0.15) is 24.4 Å². The van der Waals surface area contributed by atoms with E-state index < -0.39 is 11.8 Å². The van der Waals surface area contributed by atoms with Gasteiger partial charge in [-0.2, -0.15) is 0 Å². The van der Waals surface area contributed by atoms with E-state index in [0.29, 0.717) is 11.7 Å². The van der Waals surface area contributed by atoms with E-state index in [9.17, 15) is 9.59 Å². The molecule has 2 heterocycles. The number of amides is 2. The van der Waals surface area contributed by atoms with Gasteiger partial charge in [-0.3, -0.25) is 14.9 Å².